The zero-order valence-corrected chi connectivity index (χ0v) is 13.5. The molecule has 6 nitrogen and oxygen atoms in total. The molecule has 0 radical (unpaired) electrons. The van der Waals surface area contributed by atoms with Crippen molar-refractivity contribution in [1.29, 1.82) is 0 Å². The average Bonchev–Trinajstić information content (AvgIpc) is 3.28. The van der Waals surface area contributed by atoms with E-state index in [1.54, 1.807) is 0 Å². The van der Waals surface area contributed by atoms with Crippen LogP contribution in [0.2, 0.25) is 0 Å². The molecular formula is C19H14N6. The fourth-order valence-electron chi connectivity index (χ4n) is 3.04. The van der Waals surface area contributed by atoms with Crippen molar-refractivity contribution in [2.75, 3.05) is 0 Å². The lowest BCUT2D eigenvalue weighted by Gasteiger charge is -2.05. The Balaban J connectivity index is 1.75. The normalized spacial score (nSPS) is 11.4. The Morgan fingerprint density at radius 3 is 2.64 bits per heavy atom. The number of nitrogens with zero attached hydrogens (tertiary/aromatic N) is 5. The molecule has 4 aromatic heterocycles. The standard InChI is InChI=1S/C19H14N6/c1-12-9-17(22-21-12)19-24-23-18-15-10-14(13-5-3-2-4-6-13)11-20-16(15)7-8-25(18)19/h2-11H,1H3,(H,21,22). The van der Waals surface area contributed by atoms with Crippen LogP contribution in [0.25, 0.3) is 39.2 Å². The molecule has 0 amide bonds. The van der Waals surface area contributed by atoms with Crippen molar-refractivity contribution in [2.24, 2.45) is 0 Å². The minimum Gasteiger partial charge on any atom is -0.282 e. The molecule has 4 heterocycles. The van der Waals surface area contributed by atoms with Crippen LogP contribution in [0.5, 0.6) is 0 Å². The van der Waals surface area contributed by atoms with E-state index in [0.29, 0.717) is 5.82 Å². The Hall–Kier alpha value is -3.54. The quantitative estimate of drug-likeness (QED) is 0.537. The maximum atomic E-state index is 4.59. The fraction of sp³-hybridized carbons (Fsp3) is 0.0526. The van der Waals surface area contributed by atoms with Gasteiger partial charge in [-0.1, -0.05) is 30.3 Å². The molecule has 0 spiro atoms. The van der Waals surface area contributed by atoms with E-state index in [1.165, 1.54) is 0 Å². The minimum atomic E-state index is 0.714. The van der Waals surface area contributed by atoms with Crippen molar-refractivity contribution in [1.82, 2.24) is 29.8 Å². The summed E-state index contributed by atoms with van der Waals surface area (Å²) in [6, 6.07) is 16.2. The SMILES string of the molecule is Cc1cc(-c2nnc3c4cc(-c5ccccc5)cnc4ccn23)n[nH]1. The van der Waals surface area contributed by atoms with Gasteiger partial charge in [0.15, 0.2) is 11.5 Å². The number of aromatic nitrogens is 6. The number of H-pyrrole nitrogens is 1. The molecule has 1 N–H and O–H groups in total. The van der Waals surface area contributed by atoms with Gasteiger partial charge < -0.3 is 0 Å². The van der Waals surface area contributed by atoms with Crippen molar-refractivity contribution < 1.29 is 0 Å². The summed E-state index contributed by atoms with van der Waals surface area (Å²) >= 11 is 0. The number of benzene rings is 1. The summed E-state index contributed by atoms with van der Waals surface area (Å²) in [6.45, 7) is 1.96. The van der Waals surface area contributed by atoms with E-state index in [2.05, 4.69) is 43.6 Å². The second-order valence-corrected chi connectivity index (χ2v) is 5.99. The highest BCUT2D eigenvalue weighted by Gasteiger charge is 2.14. The van der Waals surface area contributed by atoms with Crippen LogP contribution in [0.15, 0.2) is 60.9 Å². The van der Waals surface area contributed by atoms with Crippen molar-refractivity contribution in [3.8, 4) is 22.6 Å². The van der Waals surface area contributed by atoms with Crippen molar-refractivity contribution in [2.45, 2.75) is 6.92 Å². The lowest BCUT2D eigenvalue weighted by molar-refractivity contribution is 1.02. The van der Waals surface area contributed by atoms with Crippen LogP contribution in [-0.4, -0.2) is 29.8 Å². The maximum absolute atomic E-state index is 4.59. The van der Waals surface area contributed by atoms with Crippen molar-refractivity contribution in [3.63, 3.8) is 0 Å². The van der Waals surface area contributed by atoms with Crippen molar-refractivity contribution >= 4 is 16.6 Å². The van der Waals surface area contributed by atoms with Gasteiger partial charge in [-0.25, -0.2) is 0 Å². The second-order valence-electron chi connectivity index (χ2n) is 5.99. The van der Waals surface area contributed by atoms with E-state index in [1.807, 2.05) is 54.0 Å². The molecule has 120 valence electrons. The predicted octanol–water partition coefficient (Wildman–Crippen LogP) is 3.64. The van der Waals surface area contributed by atoms with Crippen molar-refractivity contribution in [3.05, 3.63) is 66.6 Å². The molecule has 0 atom stereocenters. The molecule has 0 aliphatic heterocycles. The molecule has 0 aliphatic carbocycles. The van der Waals surface area contributed by atoms with Gasteiger partial charge in [-0.15, -0.1) is 10.2 Å². The molecule has 0 fully saturated rings. The van der Waals surface area contributed by atoms with Gasteiger partial charge in [-0.2, -0.15) is 5.10 Å². The van der Waals surface area contributed by atoms with Crippen LogP contribution >= 0.6 is 0 Å². The number of aromatic amines is 1. The van der Waals surface area contributed by atoms with Gasteiger partial charge >= 0.3 is 0 Å². The summed E-state index contributed by atoms with van der Waals surface area (Å²) in [5.74, 6) is 0.714. The summed E-state index contributed by atoms with van der Waals surface area (Å²) in [6.07, 6.45) is 3.83. The molecule has 0 saturated carbocycles. The first-order valence-electron chi connectivity index (χ1n) is 8.01. The zero-order valence-electron chi connectivity index (χ0n) is 13.5. The van der Waals surface area contributed by atoms with Gasteiger partial charge in [0.1, 0.15) is 5.69 Å². The van der Waals surface area contributed by atoms with Crippen LogP contribution in [0.4, 0.5) is 0 Å². The number of rotatable bonds is 2. The topological polar surface area (TPSA) is 71.8 Å². The van der Waals surface area contributed by atoms with E-state index in [4.69, 9.17) is 0 Å². The number of nitrogens with one attached hydrogen (secondary N) is 1. The molecule has 0 unspecified atom stereocenters. The molecule has 5 rings (SSSR count). The third-order valence-corrected chi connectivity index (χ3v) is 4.28. The van der Waals surface area contributed by atoms with Crippen LogP contribution in [0, 0.1) is 6.92 Å². The number of aryl methyl sites for hydroxylation is 1. The van der Waals surface area contributed by atoms with Crippen LogP contribution < -0.4 is 0 Å². The van der Waals surface area contributed by atoms with Crippen LogP contribution in [0.3, 0.4) is 0 Å². The first kappa shape index (κ1) is 13.9. The smallest absolute Gasteiger partial charge is 0.188 e. The van der Waals surface area contributed by atoms with Gasteiger partial charge in [0, 0.05) is 29.0 Å². The molecular weight excluding hydrogens is 312 g/mol. The summed E-state index contributed by atoms with van der Waals surface area (Å²) in [5, 5.41) is 16.9. The van der Waals surface area contributed by atoms with E-state index >= 15 is 0 Å². The van der Waals surface area contributed by atoms with E-state index < -0.39 is 0 Å². The summed E-state index contributed by atoms with van der Waals surface area (Å²) in [4.78, 5) is 4.59. The Bertz CT molecular complexity index is 1200. The third-order valence-electron chi connectivity index (χ3n) is 4.28. The Labute approximate surface area is 143 Å². The van der Waals surface area contributed by atoms with Gasteiger partial charge in [0.25, 0.3) is 0 Å². The van der Waals surface area contributed by atoms with Gasteiger partial charge in [0.2, 0.25) is 0 Å². The first-order chi connectivity index (χ1) is 12.3. The molecule has 0 saturated heterocycles. The van der Waals surface area contributed by atoms with Gasteiger partial charge in [-0.05, 0) is 30.7 Å². The van der Waals surface area contributed by atoms with E-state index in [9.17, 15) is 0 Å². The summed E-state index contributed by atoms with van der Waals surface area (Å²) in [7, 11) is 0. The molecule has 5 aromatic rings. The molecule has 6 heteroatoms. The summed E-state index contributed by atoms with van der Waals surface area (Å²) < 4.78 is 1.95. The molecule has 25 heavy (non-hydrogen) atoms. The van der Waals surface area contributed by atoms with E-state index in [0.717, 1.165) is 39.1 Å². The zero-order chi connectivity index (χ0) is 16.8. The van der Waals surface area contributed by atoms with Gasteiger partial charge in [-0.3, -0.25) is 14.5 Å². The van der Waals surface area contributed by atoms with Gasteiger partial charge in [0.05, 0.1) is 5.52 Å². The Morgan fingerprint density at radius 1 is 0.960 bits per heavy atom. The second kappa shape index (κ2) is 5.24. The highest BCUT2D eigenvalue weighted by atomic mass is 15.3. The average molecular weight is 326 g/mol. The fourth-order valence-corrected chi connectivity index (χ4v) is 3.04. The summed E-state index contributed by atoms with van der Waals surface area (Å²) in [5.41, 5.74) is 5.61. The molecule has 0 aliphatic rings. The number of hydrogen-bond donors (Lipinski definition) is 1. The maximum Gasteiger partial charge on any atom is 0.188 e. The highest BCUT2D eigenvalue weighted by Crippen LogP contribution is 2.26. The first-order valence-corrected chi connectivity index (χ1v) is 8.01. The predicted molar refractivity (Wildman–Crippen MR) is 96.0 cm³/mol. The number of fused-ring (bicyclic) bond motifs is 3. The Morgan fingerprint density at radius 2 is 1.84 bits per heavy atom. The molecule has 1 aromatic carbocycles. The monoisotopic (exact) mass is 326 g/mol. The lowest BCUT2D eigenvalue weighted by atomic mass is 10.1. The number of pyridine rings is 2. The van der Waals surface area contributed by atoms with Crippen LogP contribution in [-0.2, 0) is 0 Å². The highest BCUT2D eigenvalue weighted by molar-refractivity contribution is 5.94. The lowest BCUT2D eigenvalue weighted by Crippen LogP contribution is -1.92. The number of hydrogen-bond acceptors (Lipinski definition) is 4. The Kier molecular flexibility index (Phi) is 2.90. The van der Waals surface area contributed by atoms with Crippen LogP contribution in [0.1, 0.15) is 5.69 Å². The van der Waals surface area contributed by atoms with E-state index in [-0.39, 0.29) is 0 Å². The minimum absolute atomic E-state index is 0.714. The molecule has 0 bridgehead atoms. The largest absolute Gasteiger partial charge is 0.282 e. The third kappa shape index (κ3) is 2.19.